The van der Waals surface area contributed by atoms with E-state index < -0.39 is 63.1 Å². The van der Waals surface area contributed by atoms with Gasteiger partial charge < -0.3 is 39.9 Å². The molecule has 1 rings (SSSR count). The number of aliphatic hydroxyl groups is 5. The molecule has 0 amide bonds. The van der Waals surface area contributed by atoms with Gasteiger partial charge in [0.25, 0.3) is 0 Å². The molecule has 0 bridgehead atoms. The summed E-state index contributed by atoms with van der Waals surface area (Å²) in [7, 11) is -5.03. The lowest BCUT2D eigenvalue weighted by atomic mass is 9.85. The van der Waals surface area contributed by atoms with Crippen molar-refractivity contribution in [2.45, 2.75) is 294 Å². The average Bonchev–Trinajstić information content (AvgIpc) is 3.28. The van der Waals surface area contributed by atoms with Crippen LogP contribution in [0, 0.1) is 0 Å². The van der Waals surface area contributed by atoms with Crippen LogP contribution in [0.1, 0.15) is 251 Å². The Labute approximate surface area is 390 Å². The van der Waals surface area contributed by atoms with Crippen LogP contribution in [0.25, 0.3) is 0 Å². The van der Waals surface area contributed by atoms with E-state index in [1.807, 2.05) is 6.08 Å². The molecule has 6 N–H and O–H groups in total. The van der Waals surface area contributed by atoms with Crippen molar-refractivity contribution in [3.63, 3.8) is 0 Å². The normalized spacial score (nSPS) is 21.6. The molecule has 380 valence electrons. The summed E-state index contributed by atoms with van der Waals surface area (Å²) in [6.07, 6.45) is 36.5. The number of hydrogen-bond donors (Lipinski definition) is 6. The van der Waals surface area contributed by atoms with Gasteiger partial charge in [-0.1, -0.05) is 226 Å². The monoisotopic (exact) mass is 935 g/mol. The van der Waals surface area contributed by atoms with Crippen molar-refractivity contribution in [1.82, 2.24) is 0 Å². The number of hydrogen-bond acceptors (Lipinski definition) is 11. The summed E-state index contributed by atoms with van der Waals surface area (Å²) in [6.45, 7) is 3.78. The molecule has 8 atom stereocenters. The minimum atomic E-state index is -5.03. The molecule has 0 radical (unpaired) electrons. The second-order valence-electron chi connectivity index (χ2n) is 18.8. The van der Waals surface area contributed by atoms with E-state index in [0.717, 1.165) is 38.5 Å². The molecule has 0 spiro atoms. The molecule has 13 heteroatoms. The summed E-state index contributed by atoms with van der Waals surface area (Å²) < 4.78 is 34.1. The van der Waals surface area contributed by atoms with Crippen molar-refractivity contribution in [1.29, 1.82) is 0 Å². The standard InChI is InChI=1S/C51H99O12P/c1-3-5-7-9-11-13-15-17-19-21-23-24-26-28-30-32-34-36-38-40-45(52)62-44(43-61-64(58,59)63-51-49(56)47(54)46(53)48(55)50(51)57)42-60-41-39-37-35-33-31-29-27-25-22-20-18-16-14-12-10-8-6-4-2/h39,41,44,46-51,53-57H,3-38,40,42-43H2,1-2H3,(H,58,59)/b41-39-/t44-,46?,47-,48?,49?,50?,51?/m1/s1. The fourth-order valence-electron chi connectivity index (χ4n) is 8.50. The zero-order chi connectivity index (χ0) is 46.9. The molecule has 0 saturated heterocycles. The fraction of sp³-hybridized carbons (Fsp3) is 0.941. The van der Waals surface area contributed by atoms with Crippen LogP contribution in [0.5, 0.6) is 0 Å². The number of phosphoric ester groups is 1. The van der Waals surface area contributed by atoms with Gasteiger partial charge in [0.05, 0.1) is 12.9 Å². The Kier molecular flexibility index (Phi) is 40.0. The summed E-state index contributed by atoms with van der Waals surface area (Å²) in [5, 5.41) is 50.3. The van der Waals surface area contributed by atoms with Crippen LogP contribution in [-0.2, 0) is 27.9 Å². The van der Waals surface area contributed by atoms with Gasteiger partial charge in [-0.3, -0.25) is 13.8 Å². The molecule has 1 fully saturated rings. The molecule has 1 aliphatic carbocycles. The van der Waals surface area contributed by atoms with Crippen molar-refractivity contribution < 1.29 is 58.3 Å². The number of unbranched alkanes of at least 4 members (excludes halogenated alkanes) is 34. The third-order valence-electron chi connectivity index (χ3n) is 12.7. The van der Waals surface area contributed by atoms with Crippen LogP contribution in [0.15, 0.2) is 12.3 Å². The van der Waals surface area contributed by atoms with Crippen LogP contribution in [-0.4, -0.2) is 92.3 Å². The summed E-state index contributed by atoms with van der Waals surface area (Å²) in [6, 6.07) is 0. The number of carbonyl (C=O) groups is 1. The van der Waals surface area contributed by atoms with Crippen LogP contribution in [0.3, 0.4) is 0 Å². The van der Waals surface area contributed by atoms with Gasteiger partial charge in [0.15, 0.2) is 6.10 Å². The van der Waals surface area contributed by atoms with Crippen molar-refractivity contribution in [3.8, 4) is 0 Å². The predicted molar refractivity (Wildman–Crippen MR) is 258 cm³/mol. The van der Waals surface area contributed by atoms with Gasteiger partial charge in [0.2, 0.25) is 0 Å². The Bertz CT molecular complexity index is 1110. The quantitative estimate of drug-likeness (QED) is 0.0147. The molecule has 1 saturated carbocycles. The minimum Gasteiger partial charge on any atom is -0.498 e. The molecule has 0 aromatic rings. The van der Waals surface area contributed by atoms with E-state index in [0.29, 0.717) is 6.42 Å². The first-order chi connectivity index (χ1) is 31.0. The van der Waals surface area contributed by atoms with E-state index in [1.165, 1.54) is 192 Å². The zero-order valence-electron chi connectivity index (χ0n) is 40.9. The average molecular weight is 935 g/mol. The highest BCUT2D eigenvalue weighted by Crippen LogP contribution is 2.47. The lowest BCUT2D eigenvalue weighted by molar-refractivity contribution is -0.220. The van der Waals surface area contributed by atoms with Crippen molar-refractivity contribution in [2.24, 2.45) is 0 Å². The highest BCUT2D eigenvalue weighted by atomic mass is 31.2. The SMILES string of the molecule is CCCCCCCCCCCCCCCCCC/C=C\OC[C@H](COP(=O)(O)OC1C(O)C(O)C(O)[C@@H](O)C1O)OC(=O)CCCCCCCCCCCCCCCCCCCCC. The Morgan fingerprint density at radius 3 is 1.19 bits per heavy atom. The zero-order valence-corrected chi connectivity index (χ0v) is 41.7. The number of allylic oxidation sites excluding steroid dienone is 1. The van der Waals surface area contributed by atoms with Crippen LogP contribution >= 0.6 is 7.82 Å². The van der Waals surface area contributed by atoms with Crippen LogP contribution in [0.2, 0.25) is 0 Å². The van der Waals surface area contributed by atoms with Gasteiger partial charge in [0, 0.05) is 6.42 Å². The molecule has 0 heterocycles. The van der Waals surface area contributed by atoms with Gasteiger partial charge in [-0.15, -0.1) is 0 Å². The van der Waals surface area contributed by atoms with E-state index in [-0.39, 0.29) is 13.0 Å². The fourth-order valence-corrected chi connectivity index (χ4v) is 9.47. The molecule has 0 aromatic heterocycles. The van der Waals surface area contributed by atoms with E-state index in [9.17, 15) is 39.8 Å². The summed E-state index contributed by atoms with van der Waals surface area (Å²) >= 11 is 0. The van der Waals surface area contributed by atoms with Crippen molar-refractivity contribution in [3.05, 3.63) is 12.3 Å². The molecular weight excluding hydrogens is 836 g/mol. The number of aliphatic hydroxyl groups excluding tert-OH is 5. The Morgan fingerprint density at radius 1 is 0.484 bits per heavy atom. The molecule has 64 heavy (non-hydrogen) atoms. The first-order valence-corrected chi connectivity index (χ1v) is 28.1. The van der Waals surface area contributed by atoms with Crippen molar-refractivity contribution >= 4 is 13.8 Å². The van der Waals surface area contributed by atoms with Gasteiger partial charge in [-0.25, -0.2) is 4.57 Å². The summed E-state index contributed by atoms with van der Waals surface area (Å²) in [5.74, 6) is -0.492. The predicted octanol–water partition coefficient (Wildman–Crippen LogP) is 12.2. The maximum atomic E-state index is 12.8. The number of carbonyl (C=O) groups excluding carboxylic acids is 1. The number of esters is 1. The topological polar surface area (TPSA) is 192 Å². The van der Waals surface area contributed by atoms with Crippen LogP contribution in [0.4, 0.5) is 0 Å². The first kappa shape index (κ1) is 60.9. The lowest BCUT2D eigenvalue weighted by Crippen LogP contribution is -2.64. The maximum Gasteiger partial charge on any atom is 0.472 e. The van der Waals surface area contributed by atoms with Gasteiger partial charge in [0.1, 0.15) is 43.2 Å². The largest absolute Gasteiger partial charge is 0.498 e. The Hall–Kier alpha value is -1.08. The third kappa shape index (κ3) is 33.4. The third-order valence-corrected chi connectivity index (χ3v) is 13.7. The second kappa shape index (κ2) is 42.1. The van der Waals surface area contributed by atoms with Gasteiger partial charge in [-0.05, 0) is 25.3 Å². The summed E-state index contributed by atoms with van der Waals surface area (Å²) in [4.78, 5) is 23.2. The summed E-state index contributed by atoms with van der Waals surface area (Å²) in [5.41, 5.74) is 0. The highest BCUT2D eigenvalue weighted by molar-refractivity contribution is 7.47. The number of phosphoric acid groups is 1. The van der Waals surface area contributed by atoms with E-state index >= 15 is 0 Å². The Morgan fingerprint density at radius 2 is 0.812 bits per heavy atom. The van der Waals surface area contributed by atoms with E-state index in [2.05, 4.69) is 13.8 Å². The number of rotatable bonds is 46. The smallest absolute Gasteiger partial charge is 0.472 e. The Balaban J connectivity index is 2.34. The molecule has 1 aliphatic rings. The maximum absolute atomic E-state index is 12.8. The van der Waals surface area contributed by atoms with E-state index in [1.54, 1.807) is 0 Å². The van der Waals surface area contributed by atoms with Gasteiger partial charge in [-0.2, -0.15) is 0 Å². The molecule has 0 aliphatic heterocycles. The first-order valence-electron chi connectivity index (χ1n) is 26.6. The second-order valence-corrected chi connectivity index (χ2v) is 20.2. The van der Waals surface area contributed by atoms with Crippen LogP contribution < -0.4 is 0 Å². The molecule has 6 unspecified atom stereocenters. The molecular formula is C51H99O12P. The highest BCUT2D eigenvalue weighted by Gasteiger charge is 2.51. The lowest BCUT2D eigenvalue weighted by Gasteiger charge is -2.41. The molecule has 12 nitrogen and oxygen atoms in total. The van der Waals surface area contributed by atoms with Crippen molar-refractivity contribution in [2.75, 3.05) is 13.2 Å². The molecule has 0 aromatic carbocycles. The number of ether oxygens (including phenoxy) is 2. The van der Waals surface area contributed by atoms with Gasteiger partial charge >= 0.3 is 13.8 Å². The minimum absolute atomic E-state index is 0.154. The van der Waals surface area contributed by atoms with E-state index in [4.69, 9.17) is 18.5 Å².